The summed E-state index contributed by atoms with van der Waals surface area (Å²) in [4.78, 5) is 19.6. The third-order valence-electron chi connectivity index (χ3n) is 0.471. The Kier molecular flexibility index (Phi) is 9.05. The van der Waals surface area contributed by atoms with Gasteiger partial charge >= 0.3 is 66.9 Å². The Morgan fingerprint density at radius 3 is 1.85 bits per heavy atom. The first-order valence-corrected chi connectivity index (χ1v) is 4.88. The fourth-order valence-electron chi connectivity index (χ4n) is 0.261. The molecule has 0 aromatic carbocycles. The van der Waals surface area contributed by atoms with Crippen LogP contribution in [0.2, 0.25) is 0 Å². The molecule has 0 aliphatic carbocycles. The van der Waals surface area contributed by atoms with Crippen LogP contribution in [0.3, 0.4) is 0 Å². The van der Waals surface area contributed by atoms with E-state index in [4.69, 9.17) is 0 Å². The molecule has 0 N–H and O–H groups in total. The van der Waals surface area contributed by atoms with Gasteiger partial charge in [-0.3, -0.25) is 4.31 Å². The molecule has 0 radical (unpaired) electrons. The molecule has 0 amide bonds. The Balaban J connectivity index is 0. The van der Waals surface area contributed by atoms with E-state index in [2.05, 4.69) is 23.7 Å². The minimum Gasteiger partial charge on any atom is -0.789 e. The fraction of sp³-hybridized carbons (Fsp3) is 0. The first kappa shape index (κ1) is 17.6. The van der Waals surface area contributed by atoms with Crippen LogP contribution in [0.1, 0.15) is 0 Å². The molecule has 13 heteroatoms. The second-order valence-corrected chi connectivity index (χ2v) is 4.00. The average Bonchev–Trinajstić information content (AvgIpc) is 2.09. The zero-order chi connectivity index (χ0) is 8.54. The summed E-state index contributed by atoms with van der Waals surface area (Å²) in [5.74, 6) is 0. The van der Waals surface area contributed by atoms with Crippen LogP contribution in [0, 0.1) is 0 Å². The number of hydrogen-bond acceptors (Lipinski definition) is 9. The molecule has 1 saturated heterocycles. The molecule has 1 aliphatic heterocycles. The predicted octanol–water partition coefficient (Wildman–Crippen LogP) is -7.23. The van der Waals surface area contributed by atoms with E-state index in [-0.39, 0.29) is 59.1 Å². The molecule has 66 valence electrons. The minimum atomic E-state index is -5.45. The SMILES string of the molecule is O=P([O-])([O-])OP1(=O)OOOO1.[Na+].[Na+]. The molecule has 0 atom stereocenters. The van der Waals surface area contributed by atoms with Gasteiger partial charge in [-0.2, -0.15) is 0 Å². The minimum absolute atomic E-state index is 0. The summed E-state index contributed by atoms with van der Waals surface area (Å²) in [5, 5.41) is 6.79. The third-order valence-corrected chi connectivity index (χ3v) is 2.56. The van der Waals surface area contributed by atoms with Gasteiger partial charge in [0.15, 0.2) is 0 Å². The third kappa shape index (κ3) is 7.13. The average molecular weight is 252 g/mol. The Hall–Kier alpha value is 2.18. The first-order valence-electron chi connectivity index (χ1n) is 1.96. The van der Waals surface area contributed by atoms with Crippen LogP contribution in [0.5, 0.6) is 0 Å². The molecule has 0 bridgehead atoms. The molecule has 1 aliphatic rings. The first-order chi connectivity index (χ1) is 4.91. The number of hydrogen-bond donors (Lipinski definition) is 0. The van der Waals surface area contributed by atoms with Crippen LogP contribution in [0.4, 0.5) is 0 Å². The summed E-state index contributed by atoms with van der Waals surface area (Å²) < 4.78 is 30.7. The monoisotopic (exact) mass is 252 g/mol. The molecule has 1 fully saturated rings. The van der Waals surface area contributed by atoms with E-state index in [1.54, 1.807) is 0 Å². The van der Waals surface area contributed by atoms with E-state index in [9.17, 15) is 18.9 Å². The van der Waals surface area contributed by atoms with Crippen molar-refractivity contribution in [3.05, 3.63) is 0 Å². The summed E-state index contributed by atoms with van der Waals surface area (Å²) in [6.45, 7) is 0. The van der Waals surface area contributed by atoms with Gasteiger partial charge in [0, 0.05) is 0 Å². The van der Waals surface area contributed by atoms with Crippen molar-refractivity contribution in [2.45, 2.75) is 0 Å². The van der Waals surface area contributed by atoms with Gasteiger partial charge in [0.1, 0.15) is 0 Å². The van der Waals surface area contributed by atoms with E-state index in [0.717, 1.165) is 0 Å². The van der Waals surface area contributed by atoms with Crippen LogP contribution in [0.15, 0.2) is 0 Å². The molecule has 13 heavy (non-hydrogen) atoms. The van der Waals surface area contributed by atoms with Gasteiger partial charge in [-0.1, -0.05) is 9.35 Å². The van der Waals surface area contributed by atoms with Crippen LogP contribution in [-0.4, -0.2) is 0 Å². The maximum Gasteiger partial charge on any atom is 1.00 e. The molecule has 0 saturated carbocycles. The summed E-state index contributed by atoms with van der Waals surface area (Å²) in [7, 11) is -9.98. The van der Waals surface area contributed by atoms with Gasteiger partial charge in [0.2, 0.25) is 0 Å². The zero-order valence-corrected chi connectivity index (χ0v) is 12.4. The molecular formula is Na2O9P2. The number of rotatable bonds is 2. The van der Waals surface area contributed by atoms with Gasteiger partial charge < -0.3 is 14.4 Å². The molecule has 1 heterocycles. The van der Waals surface area contributed by atoms with Gasteiger partial charge in [-0.25, -0.2) is 4.57 Å². The molecule has 1 rings (SSSR count). The maximum atomic E-state index is 10.5. The maximum absolute atomic E-state index is 10.5. The Bertz CT molecular complexity index is 220. The summed E-state index contributed by atoms with van der Waals surface area (Å²) in [6, 6.07) is 0. The van der Waals surface area contributed by atoms with Crippen LogP contribution >= 0.6 is 15.6 Å². The smallest absolute Gasteiger partial charge is 0.789 e. The van der Waals surface area contributed by atoms with E-state index < -0.39 is 15.6 Å². The largest absolute Gasteiger partial charge is 1.00 e. The second-order valence-electron chi connectivity index (χ2n) is 1.26. The van der Waals surface area contributed by atoms with Crippen molar-refractivity contribution in [2.75, 3.05) is 0 Å². The van der Waals surface area contributed by atoms with E-state index >= 15 is 0 Å². The van der Waals surface area contributed by atoms with Crippen molar-refractivity contribution in [1.29, 1.82) is 0 Å². The summed E-state index contributed by atoms with van der Waals surface area (Å²) in [6.07, 6.45) is 0. The molecule has 0 aromatic heterocycles. The Morgan fingerprint density at radius 2 is 1.54 bits per heavy atom. The topological polar surface area (TPSA) is 126 Å². The Labute approximate surface area is 116 Å². The molecule has 0 spiro atoms. The Morgan fingerprint density at radius 1 is 1.15 bits per heavy atom. The van der Waals surface area contributed by atoms with E-state index in [1.807, 2.05) is 0 Å². The molecule has 0 aromatic rings. The van der Waals surface area contributed by atoms with Crippen LogP contribution < -0.4 is 68.9 Å². The van der Waals surface area contributed by atoms with E-state index in [1.165, 1.54) is 0 Å². The number of phosphoric acid groups is 2. The molecular weight excluding hydrogens is 252 g/mol. The molecule has 9 nitrogen and oxygen atoms in total. The molecule has 0 unspecified atom stereocenters. The fourth-order valence-corrected chi connectivity index (χ4v) is 1.68. The quantitative estimate of drug-likeness (QED) is 0.267. The normalized spacial score (nSPS) is 20.2. The van der Waals surface area contributed by atoms with Crippen molar-refractivity contribution in [3.8, 4) is 0 Å². The zero-order valence-electron chi connectivity index (χ0n) is 6.57. The van der Waals surface area contributed by atoms with Gasteiger partial charge in [0.25, 0.3) is 0 Å². The van der Waals surface area contributed by atoms with Crippen molar-refractivity contribution in [2.24, 2.45) is 0 Å². The van der Waals surface area contributed by atoms with Gasteiger partial charge in [-0.05, 0) is 10.1 Å². The predicted molar refractivity (Wildman–Crippen MR) is 20.6 cm³/mol. The van der Waals surface area contributed by atoms with Crippen molar-refractivity contribution in [1.82, 2.24) is 0 Å². The van der Waals surface area contributed by atoms with Crippen LogP contribution in [-0.2, 0) is 32.9 Å². The van der Waals surface area contributed by atoms with E-state index in [0.29, 0.717) is 0 Å². The van der Waals surface area contributed by atoms with Gasteiger partial charge in [-0.15, -0.1) is 0 Å². The summed E-state index contributed by atoms with van der Waals surface area (Å²) in [5.41, 5.74) is 0. The second kappa shape index (κ2) is 6.70. The van der Waals surface area contributed by atoms with Crippen molar-refractivity contribution in [3.63, 3.8) is 0 Å². The van der Waals surface area contributed by atoms with Crippen molar-refractivity contribution >= 4 is 15.6 Å². The standard InChI is InChI=1S/2Na.H2O9P2/c;;1-10(2,3)9-11(4)7-5-6-8-11/h;;(H2,1,2,3)/q2*+1;/p-2. The van der Waals surface area contributed by atoms with Crippen molar-refractivity contribution < 1.29 is 102 Å². The van der Waals surface area contributed by atoms with Gasteiger partial charge in [0.05, 0.1) is 7.82 Å². The summed E-state index contributed by atoms with van der Waals surface area (Å²) >= 11 is 0. The van der Waals surface area contributed by atoms with Crippen LogP contribution in [0.25, 0.3) is 0 Å².